The third-order valence-corrected chi connectivity index (χ3v) is 3.89. The smallest absolute Gasteiger partial charge is 0.228 e. The molecule has 2 N–H and O–H groups in total. The highest BCUT2D eigenvalue weighted by Crippen LogP contribution is 2.17. The lowest BCUT2D eigenvalue weighted by Gasteiger charge is -2.08. The summed E-state index contributed by atoms with van der Waals surface area (Å²) in [5.41, 5.74) is 3.77. The molecule has 0 bridgehead atoms. The van der Waals surface area contributed by atoms with Gasteiger partial charge in [0.1, 0.15) is 11.6 Å². The standard InChI is InChI=1S/C21H21N3O2/c1-15-3-7-17(8-4-15)23-20-12-9-18(14-22-20)24-21(25)13-16-5-10-19(26-2)11-6-16/h3-12,14H,13H2,1-2H3,(H,22,23)(H,24,25). The number of methoxy groups -OCH3 is 1. The van der Waals surface area contributed by atoms with Crippen LogP contribution < -0.4 is 15.4 Å². The van der Waals surface area contributed by atoms with E-state index >= 15 is 0 Å². The number of aromatic nitrogens is 1. The number of carbonyl (C=O) groups is 1. The molecule has 0 spiro atoms. The zero-order chi connectivity index (χ0) is 18.4. The number of aryl methyl sites for hydroxylation is 1. The summed E-state index contributed by atoms with van der Waals surface area (Å²) in [6.07, 6.45) is 1.94. The number of ether oxygens (including phenoxy) is 1. The van der Waals surface area contributed by atoms with Crippen molar-refractivity contribution in [2.45, 2.75) is 13.3 Å². The lowest BCUT2D eigenvalue weighted by molar-refractivity contribution is -0.115. The number of nitrogens with one attached hydrogen (secondary N) is 2. The summed E-state index contributed by atoms with van der Waals surface area (Å²) in [5, 5.41) is 6.08. The first kappa shape index (κ1) is 17.5. The summed E-state index contributed by atoms with van der Waals surface area (Å²) in [7, 11) is 1.62. The Morgan fingerprint density at radius 3 is 2.27 bits per heavy atom. The molecule has 3 aromatic rings. The molecule has 0 atom stereocenters. The van der Waals surface area contributed by atoms with E-state index < -0.39 is 0 Å². The van der Waals surface area contributed by atoms with Crippen LogP contribution in [0, 0.1) is 6.92 Å². The Morgan fingerprint density at radius 2 is 1.65 bits per heavy atom. The fourth-order valence-electron chi connectivity index (χ4n) is 2.46. The van der Waals surface area contributed by atoms with E-state index in [1.165, 1.54) is 5.56 Å². The van der Waals surface area contributed by atoms with Crippen molar-refractivity contribution < 1.29 is 9.53 Å². The number of pyridine rings is 1. The van der Waals surface area contributed by atoms with Crippen LogP contribution in [0.2, 0.25) is 0 Å². The molecular weight excluding hydrogens is 326 g/mol. The van der Waals surface area contributed by atoms with Gasteiger partial charge in [0.15, 0.2) is 0 Å². The van der Waals surface area contributed by atoms with Gasteiger partial charge in [-0.1, -0.05) is 29.8 Å². The third-order valence-electron chi connectivity index (χ3n) is 3.89. The van der Waals surface area contributed by atoms with Gasteiger partial charge in [0.2, 0.25) is 5.91 Å². The fourth-order valence-corrected chi connectivity index (χ4v) is 2.46. The average Bonchev–Trinajstić information content (AvgIpc) is 2.66. The van der Waals surface area contributed by atoms with E-state index in [9.17, 15) is 4.79 Å². The predicted molar refractivity (Wildman–Crippen MR) is 104 cm³/mol. The van der Waals surface area contributed by atoms with Crippen LogP contribution in [0.4, 0.5) is 17.2 Å². The molecule has 0 unspecified atom stereocenters. The number of benzene rings is 2. The van der Waals surface area contributed by atoms with Gasteiger partial charge < -0.3 is 15.4 Å². The molecule has 5 nitrogen and oxygen atoms in total. The fraction of sp³-hybridized carbons (Fsp3) is 0.143. The van der Waals surface area contributed by atoms with Gasteiger partial charge in [-0.05, 0) is 48.9 Å². The van der Waals surface area contributed by atoms with E-state index in [2.05, 4.69) is 15.6 Å². The van der Waals surface area contributed by atoms with Crippen LogP contribution in [0.25, 0.3) is 0 Å². The molecule has 1 aromatic heterocycles. The molecule has 5 heteroatoms. The van der Waals surface area contributed by atoms with Gasteiger partial charge in [-0.15, -0.1) is 0 Å². The molecule has 0 aliphatic rings. The average molecular weight is 347 g/mol. The van der Waals surface area contributed by atoms with Crippen LogP contribution in [0.15, 0.2) is 66.9 Å². The zero-order valence-corrected chi connectivity index (χ0v) is 14.8. The largest absolute Gasteiger partial charge is 0.497 e. The van der Waals surface area contributed by atoms with Crippen LogP contribution in [0.5, 0.6) is 5.75 Å². The Labute approximate surface area is 153 Å². The summed E-state index contributed by atoms with van der Waals surface area (Å²) < 4.78 is 5.11. The lowest BCUT2D eigenvalue weighted by atomic mass is 10.1. The minimum absolute atomic E-state index is 0.0868. The van der Waals surface area contributed by atoms with Crippen LogP contribution in [0.3, 0.4) is 0 Å². The summed E-state index contributed by atoms with van der Waals surface area (Å²) in [5.74, 6) is 1.41. The maximum Gasteiger partial charge on any atom is 0.228 e. The Bertz CT molecular complexity index is 857. The van der Waals surface area contributed by atoms with Gasteiger partial charge in [0.05, 0.1) is 25.4 Å². The second-order valence-electron chi connectivity index (χ2n) is 6.00. The maximum atomic E-state index is 12.2. The first-order chi connectivity index (χ1) is 12.6. The molecule has 0 radical (unpaired) electrons. The van der Waals surface area contributed by atoms with Gasteiger partial charge in [-0.3, -0.25) is 4.79 Å². The number of carbonyl (C=O) groups excluding carboxylic acids is 1. The molecule has 1 amide bonds. The molecule has 0 fully saturated rings. The van der Waals surface area contributed by atoms with Crippen molar-refractivity contribution in [2.75, 3.05) is 17.7 Å². The van der Waals surface area contributed by atoms with Gasteiger partial charge in [-0.2, -0.15) is 0 Å². The summed E-state index contributed by atoms with van der Waals surface area (Å²) >= 11 is 0. The molecule has 0 aliphatic carbocycles. The summed E-state index contributed by atoms with van der Waals surface area (Å²) in [6.45, 7) is 2.05. The quantitative estimate of drug-likeness (QED) is 0.697. The normalized spacial score (nSPS) is 10.2. The van der Waals surface area contributed by atoms with Crippen molar-refractivity contribution >= 4 is 23.1 Å². The van der Waals surface area contributed by atoms with Crippen molar-refractivity contribution in [3.05, 3.63) is 78.0 Å². The minimum atomic E-state index is -0.0868. The second-order valence-corrected chi connectivity index (χ2v) is 6.00. The van der Waals surface area contributed by atoms with E-state index in [0.717, 1.165) is 22.8 Å². The van der Waals surface area contributed by atoms with E-state index in [1.807, 2.05) is 67.6 Å². The molecule has 0 saturated heterocycles. The molecule has 0 aliphatic heterocycles. The van der Waals surface area contributed by atoms with Crippen LogP contribution in [-0.4, -0.2) is 18.0 Å². The molecule has 0 saturated carbocycles. The van der Waals surface area contributed by atoms with Crippen molar-refractivity contribution in [1.82, 2.24) is 4.98 Å². The third kappa shape index (κ3) is 4.83. The maximum absolute atomic E-state index is 12.2. The van der Waals surface area contributed by atoms with Crippen molar-refractivity contribution in [1.29, 1.82) is 0 Å². The Hall–Kier alpha value is -3.34. The van der Waals surface area contributed by atoms with Gasteiger partial charge >= 0.3 is 0 Å². The molecule has 2 aromatic carbocycles. The molecular formula is C21H21N3O2. The van der Waals surface area contributed by atoms with Crippen molar-refractivity contribution in [2.24, 2.45) is 0 Å². The highest BCUT2D eigenvalue weighted by atomic mass is 16.5. The first-order valence-corrected chi connectivity index (χ1v) is 8.35. The number of nitrogens with zero attached hydrogens (tertiary/aromatic N) is 1. The van der Waals surface area contributed by atoms with Crippen LogP contribution in [-0.2, 0) is 11.2 Å². The van der Waals surface area contributed by atoms with E-state index in [-0.39, 0.29) is 5.91 Å². The molecule has 3 rings (SSSR count). The van der Waals surface area contributed by atoms with Crippen molar-refractivity contribution in [3.63, 3.8) is 0 Å². The topological polar surface area (TPSA) is 63.2 Å². The highest BCUT2D eigenvalue weighted by Gasteiger charge is 2.05. The van der Waals surface area contributed by atoms with Crippen molar-refractivity contribution in [3.8, 4) is 5.75 Å². The molecule has 1 heterocycles. The SMILES string of the molecule is COc1ccc(CC(=O)Nc2ccc(Nc3ccc(C)cc3)nc2)cc1. The molecule has 26 heavy (non-hydrogen) atoms. The monoisotopic (exact) mass is 347 g/mol. The number of hydrogen-bond acceptors (Lipinski definition) is 4. The zero-order valence-electron chi connectivity index (χ0n) is 14.8. The van der Waals surface area contributed by atoms with E-state index in [4.69, 9.17) is 4.74 Å². The first-order valence-electron chi connectivity index (χ1n) is 8.35. The van der Waals surface area contributed by atoms with Crippen LogP contribution in [0.1, 0.15) is 11.1 Å². The number of amides is 1. The Balaban J connectivity index is 1.56. The van der Waals surface area contributed by atoms with Gasteiger partial charge in [0.25, 0.3) is 0 Å². The number of rotatable bonds is 6. The highest BCUT2D eigenvalue weighted by molar-refractivity contribution is 5.92. The minimum Gasteiger partial charge on any atom is -0.497 e. The van der Waals surface area contributed by atoms with Crippen LogP contribution >= 0.6 is 0 Å². The second kappa shape index (κ2) is 8.16. The summed E-state index contributed by atoms with van der Waals surface area (Å²) in [6, 6.07) is 19.2. The summed E-state index contributed by atoms with van der Waals surface area (Å²) in [4.78, 5) is 16.5. The number of anilines is 3. The Kier molecular flexibility index (Phi) is 5.49. The lowest BCUT2D eigenvalue weighted by Crippen LogP contribution is -2.14. The van der Waals surface area contributed by atoms with Gasteiger partial charge in [-0.25, -0.2) is 4.98 Å². The van der Waals surface area contributed by atoms with E-state index in [1.54, 1.807) is 13.3 Å². The van der Waals surface area contributed by atoms with E-state index in [0.29, 0.717) is 12.1 Å². The van der Waals surface area contributed by atoms with Gasteiger partial charge in [0, 0.05) is 5.69 Å². The predicted octanol–water partition coefficient (Wildman–Crippen LogP) is 4.32. The Morgan fingerprint density at radius 1 is 0.962 bits per heavy atom. The number of hydrogen-bond donors (Lipinski definition) is 2. The molecule has 132 valence electrons.